The van der Waals surface area contributed by atoms with Gasteiger partial charge < -0.3 is 5.73 Å². The first kappa shape index (κ1) is 8.37. The number of nitrogens with two attached hydrogens (primary N) is 1. The quantitative estimate of drug-likeness (QED) is 0.779. The Hall–Kier alpha value is -1.23. The first-order valence-electron chi connectivity index (χ1n) is 3.89. The zero-order valence-electron chi connectivity index (χ0n) is 7.27. The van der Waals surface area contributed by atoms with Crippen LogP contribution < -0.4 is 5.73 Å². The van der Waals surface area contributed by atoms with Crippen LogP contribution >= 0.6 is 11.8 Å². The topological polar surface area (TPSA) is 56.2 Å². The SMILES string of the molecule is CSCc1nc2cc(N)ccn2n1. The molecule has 0 amide bonds. The molecule has 0 aliphatic rings. The molecule has 0 radical (unpaired) electrons. The summed E-state index contributed by atoms with van der Waals surface area (Å²) >= 11 is 1.70. The van der Waals surface area contributed by atoms with Crippen molar-refractivity contribution in [2.45, 2.75) is 5.75 Å². The van der Waals surface area contributed by atoms with Crippen LogP contribution in [0.25, 0.3) is 5.65 Å². The molecule has 0 fully saturated rings. The molecule has 0 bridgehead atoms. The molecule has 0 aliphatic carbocycles. The molecule has 4 nitrogen and oxygen atoms in total. The average Bonchev–Trinajstić information content (AvgIpc) is 2.46. The van der Waals surface area contributed by atoms with E-state index < -0.39 is 0 Å². The van der Waals surface area contributed by atoms with Crippen molar-refractivity contribution in [1.29, 1.82) is 0 Å². The van der Waals surface area contributed by atoms with Crippen LogP contribution in [0.4, 0.5) is 5.69 Å². The molecule has 2 aromatic heterocycles. The molecule has 2 rings (SSSR count). The first-order chi connectivity index (χ1) is 6.29. The Kier molecular flexibility index (Phi) is 2.10. The van der Waals surface area contributed by atoms with Crippen LogP contribution in [0.3, 0.4) is 0 Å². The highest BCUT2D eigenvalue weighted by Crippen LogP contribution is 2.09. The van der Waals surface area contributed by atoms with Gasteiger partial charge in [0, 0.05) is 18.0 Å². The van der Waals surface area contributed by atoms with Crippen LogP contribution in [0.1, 0.15) is 5.82 Å². The van der Waals surface area contributed by atoms with Crippen molar-refractivity contribution >= 4 is 23.1 Å². The van der Waals surface area contributed by atoms with Gasteiger partial charge in [-0.25, -0.2) is 9.50 Å². The van der Waals surface area contributed by atoms with Crippen molar-refractivity contribution in [1.82, 2.24) is 14.6 Å². The number of hydrogen-bond acceptors (Lipinski definition) is 4. The molecule has 0 saturated carbocycles. The summed E-state index contributed by atoms with van der Waals surface area (Å²) in [5.41, 5.74) is 7.15. The lowest BCUT2D eigenvalue weighted by molar-refractivity contribution is 0.925. The molecule has 0 saturated heterocycles. The molecule has 5 heteroatoms. The molecule has 0 aliphatic heterocycles. The number of thioether (sulfide) groups is 1. The largest absolute Gasteiger partial charge is 0.399 e. The third-order valence-corrected chi connectivity index (χ3v) is 2.23. The monoisotopic (exact) mass is 194 g/mol. The Balaban J connectivity index is 2.49. The summed E-state index contributed by atoms with van der Waals surface area (Å²) in [6.07, 6.45) is 3.85. The van der Waals surface area contributed by atoms with E-state index >= 15 is 0 Å². The van der Waals surface area contributed by atoms with E-state index in [1.807, 2.05) is 24.6 Å². The lowest BCUT2D eigenvalue weighted by atomic mass is 10.4. The van der Waals surface area contributed by atoms with E-state index in [1.165, 1.54) is 0 Å². The minimum atomic E-state index is 0.718. The molecule has 0 aromatic carbocycles. The lowest BCUT2D eigenvalue weighted by Gasteiger charge is -1.91. The van der Waals surface area contributed by atoms with Crippen LogP contribution in [-0.2, 0) is 5.75 Å². The minimum Gasteiger partial charge on any atom is -0.399 e. The maximum Gasteiger partial charge on any atom is 0.161 e. The number of fused-ring (bicyclic) bond motifs is 1. The maximum atomic E-state index is 5.62. The van der Waals surface area contributed by atoms with Gasteiger partial charge in [-0.2, -0.15) is 16.9 Å². The van der Waals surface area contributed by atoms with E-state index in [0.29, 0.717) is 0 Å². The predicted molar refractivity (Wildman–Crippen MR) is 54.6 cm³/mol. The summed E-state index contributed by atoms with van der Waals surface area (Å²) < 4.78 is 1.74. The van der Waals surface area contributed by atoms with Gasteiger partial charge in [-0.3, -0.25) is 0 Å². The summed E-state index contributed by atoms with van der Waals surface area (Å²) in [5.74, 6) is 1.68. The Morgan fingerprint density at radius 3 is 3.23 bits per heavy atom. The number of hydrogen-bond donors (Lipinski definition) is 1. The fraction of sp³-hybridized carbons (Fsp3) is 0.250. The van der Waals surface area contributed by atoms with Crippen molar-refractivity contribution in [3.05, 3.63) is 24.2 Å². The van der Waals surface area contributed by atoms with Gasteiger partial charge in [0.15, 0.2) is 11.5 Å². The van der Waals surface area contributed by atoms with Gasteiger partial charge in [0.05, 0.1) is 5.75 Å². The first-order valence-corrected chi connectivity index (χ1v) is 5.28. The summed E-state index contributed by atoms with van der Waals surface area (Å²) in [4.78, 5) is 4.31. The Morgan fingerprint density at radius 2 is 2.46 bits per heavy atom. The maximum absolute atomic E-state index is 5.62. The van der Waals surface area contributed by atoms with E-state index in [1.54, 1.807) is 16.3 Å². The average molecular weight is 194 g/mol. The molecule has 0 spiro atoms. The second-order valence-electron chi connectivity index (χ2n) is 2.72. The summed E-state index contributed by atoms with van der Waals surface area (Å²) in [6.45, 7) is 0. The summed E-state index contributed by atoms with van der Waals surface area (Å²) in [7, 11) is 0. The highest BCUT2D eigenvalue weighted by Gasteiger charge is 2.01. The zero-order valence-corrected chi connectivity index (χ0v) is 8.08. The van der Waals surface area contributed by atoms with Gasteiger partial charge in [0.2, 0.25) is 0 Å². The van der Waals surface area contributed by atoms with Gasteiger partial charge in [-0.15, -0.1) is 0 Å². The van der Waals surface area contributed by atoms with Crippen molar-refractivity contribution in [3.8, 4) is 0 Å². The fourth-order valence-electron chi connectivity index (χ4n) is 1.13. The van der Waals surface area contributed by atoms with Crippen LogP contribution in [-0.4, -0.2) is 20.9 Å². The van der Waals surface area contributed by atoms with Gasteiger partial charge in [-0.05, 0) is 12.3 Å². The lowest BCUT2D eigenvalue weighted by Crippen LogP contribution is -1.90. The van der Waals surface area contributed by atoms with E-state index in [2.05, 4.69) is 10.1 Å². The Bertz CT molecular complexity index is 423. The molecule has 2 N–H and O–H groups in total. The molecule has 2 heterocycles. The molecular formula is C8H10N4S. The molecule has 68 valence electrons. The molecule has 0 unspecified atom stereocenters. The highest BCUT2D eigenvalue weighted by atomic mass is 32.2. The van der Waals surface area contributed by atoms with Crippen LogP contribution in [0, 0.1) is 0 Å². The highest BCUT2D eigenvalue weighted by molar-refractivity contribution is 7.97. The van der Waals surface area contributed by atoms with Gasteiger partial charge in [-0.1, -0.05) is 0 Å². The van der Waals surface area contributed by atoms with Crippen LogP contribution in [0.15, 0.2) is 18.3 Å². The van der Waals surface area contributed by atoms with E-state index in [4.69, 9.17) is 5.73 Å². The number of rotatable bonds is 2. The van der Waals surface area contributed by atoms with Gasteiger partial charge >= 0.3 is 0 Å². The van der Waals surface area contributed by atoms with Crippen molar-refractivity contribution < 1.29 is 0 Å². The van der Waals surface area contributed by atoms with E-state index in [0.717, 1.165) is 22.9 Å². The fourth-order valence-corrected chi connectivity index (χ4v) is 1.51. The molecular weight excluding hydrogens is 184 g/mol. The number of anilines is 1. The van der Waals surface area contributed by atoms with Crippen LogP contribution in [0.2, 0.25) is 0 Å². The van der Waals surface area contributed by atoms with Crippen molar-refractivity contribution in [3.63, 3.8) is 0 Å². The number of pyridine rings is 1. The number of nitrogens with zero attached hydrogens (tertiary/aromatic N) is 3. The summed E-state index contributed by atoms with van der Waals surface area (Å²) in [5, 5.41) is 4.27. The number of nitrogen functional groups attached to an aromatic ring is 1. The third kappa shape index (κ3) is 1.60. The minimum absolute atomic E-state index is 0.718. The standard InChI is InChI=1S/C8H10N4S/c1-13-5-7-10-8-4-6(9)2-3-12(8)11-7/h2-4H,5,9H2,1H3. The smallest absolute Gasteiger partial charge is 0.161 e. The van der Waals surface area contributed by atoms with Crippen molar-refractivity contribution in [2.24, 2.45) is 0 Å². The number of aromatic nitrogens is 3. The molecule has 0 atom stereocenters. The van der Waals surface area contributed by atoms with Gasteiger partial charge in [0.1, 0.15) is 0 Å². The van der Waals surface area contributed by atoms with Gasteiger partial charge in [0.25, 0.3) is 0 Å². The second kappa shape index (κ2) is 3.26. The molecule has 13 heavy (non-hydrogen) atoms. The third-order valence-electron chi connectivity index (χ3n) is 1.68. The molecule has 2 aromatic rings. The van der Waals surface area contributed by atoms with Crippen LogP contribution in [0.5, 0.6) is 0 Å². The normalized spacial score (nSPS) is 10.8. The van der Waals surface area contributed by atoms with E-state index in [9.17, 15) is 0 Å². The predicted octanol–water partition coefficient (Wildman–Crippen LogP) is 1.17. The van der Waals surface area contributed by atoms with E-state index in [-0.39, 0.29) is 0 Å². The Labute approximate surface area is 80.2 Å². The second-order valence-corrected chi connectivity index (χ2v) is 3.59. The zero-order chi connectivity index (χ0) is 9.26. The summed E-state index contributed by atoms with van der Waals surface area (Å²) in [6, 6.07) is 3.63. The Morgan fingerprint density at radius 1 is 1.62 bits per heavy atom. The van der Waals surface area contributed by atoms with Crippen molar-refractivity contribution in [2.75, 3.05) is 12.0 Å².